The normalized spacial score (nSPS) is 21.0. The Morgan fingerprint density at radius 3 is 2.20 bits per heavy atom. The van der Waals surface area contributed by atoms with Crippen LogP contribution in [0.2, 0.25) is 5.02 Å². The zero-order valence-corrected chi connectivity index (χ0v) is 22.6. The number of amides is 2. The maximum atomic E-state index is 13.9. The topological polar surface area (TPSA) is 85.4 Å². The molecule has 3 aliphatic heterocycles. The van der Waals surface area contributed by atoms with E-state index in [4.69, 9.17) is 16.3 Å². The number of ether oxygens (including phenoxy) is 1. The maximum Gasteiger partial charge on any atom is 0.430 e. The van der Waals surface area contributed by atoms with Gasteiger partial charge in [-0.15, -0.1) is 0 Å². The minimum atomic E-state index is -5.14. The van der Waals surface area contributed by atoms with Crippen molar-refractivity contribution < 1.29 is 32.6 Å². The van der Waals surface area contributed by atoms with Gasteiger partial charge in [0, 0.05) is 56.6 Å². The average molecular weight is 581 g/mol. The van der Waals surface area contributed by atoms with Gasteiger partial charge in [0.2, 0.25) is 0 Å². The molecule has 2 N–H and O–H groups in total. The van der Waals surface area contributed by atoms with Gasteiger partial charge in [0.15, 0.2) is 0 Å². The molecule has 12 heteroatoms. The van der Waals surface area contributed by atoms with Crippen LogP contribution in [-0.2, 0) is 15.1 Å². The van der Waals surface area contributed by atoms with Crippen LogP contribution in [-0.4, -0.2) is 102 Å². The van der Waals surface area contributed by atoms with Crippen LogP contribution in [0.15, 0.2) is 48.5 Å². The minimum absolute atomic E-state index is 0.114. The Labute approximate surface area is 235 Å². The number of nitrogens with zero attached hydrogens (tertiary/aromatic N) is 3. The number of likely N-dealkylation sites (tertiary alicyclic amines) is 2. The van der Waals surface area contributed by atoms with Crippen molar-refractivity contribution in [3.05, 3.63) is 64.7 Å². The van der Waals surface area contributed by atoms with Crippen LogP contribution in [0.5, 0.6) is 0 Å². The maximum absolute atomic E-state index is 13.9. The lowest BCUT2D eigenvalue weighted by Gasteiger charge is -2.48. The lowest BCUT2D eigenvalue weighted by atomic mass is 9.89. The van der Waals surface area contributed by atoms with Gasteiger partial charge in [0.1, 0.15) is 0 Å². The molecular weight excluding hydrogens is 549 g/mol. The van der Waals surface area contributed by atoms with Crippen molar-refractivity contribution in [1.82, 2.24) is 14.7 Å². The van der Waals surface area contributed by atoms with Gasteiger partial charge >= 0.3 is 6.18 Å². The van der Waals surface area contributed by atoms with Crippen LogP contribution >= 0.6 is 11.6 Å². The summed E-state index contributed by atoms with van der Waals surface area (Å²) in [6.07, 6.45) is -4.10. The molecule has 2 aromatic carbocycles. The molecule has 3 fully saturated rings. The van der Waals surface area contributed by atoms with Crippen LogP contribution < -0.4 is 5.32 Å². The van der Waals surface area contributed by atoms with Gasteiger partial charge < -0.3 is 25.0 Å². The first-order valence-electron chi connectivity index (χ1n) is 13.4. The van der Waals surface area contributed by atoms with Gasteiger partial charge in [-0.25, -0.2) is 0 Å². The van der Waals surface area contributed by atoms with Crippen molar-refractivity contribution in [2.75, 3.05) is 57.8 Å². The molecule has 3 saturated heterocycles. The molecule has 0 radical (unpaired) electrons. The summed E-state index contributed by atoms with van der Waals surface area (Å²) in [5.74, 6) is -1.45. The highest BCUT2D eigenvalue weighted by Gasteiger charge is 2.62. The zero-order chi connectivity index (χ0) is 28.5. The highest BCUT2D eigenvalue weighted by molar-refractivity contribution is 6.34. The van der Waals surface area contributed by atoms with E-state index >= 15 is 0 Å². The molecule has 3 heterocycles. The third kappa shape index (κ3) is 5.65. The van der Waals surface area contributed by atoms with Crippen molar-refractivity contribution in [3.63, 3.8) is 0 Å². The van der Waals surface area contributed by atoms with Crippen molar-refractivity contribution in [2.45, 2.75) is 36.7 Å². The van der Waals surface area contributed by atoms with E-state index in [0.717, 1.165) is 35.8 Å². The molecule has 2 aromatic rings. The van der Waals surface area contributed by atoms with Crippen molar-refractivity contribution >= 4 is 29.1 Å². The number of carbonyl (C=O) groups excluding carboxylic acids is 2. The summed E-state index contributed by atoms with van der Waals surface area (Å²) >= 11 is 6.43. The first-order chi connectivity index (χ1) is 19.1. The van der Waals surface area contributed by atoms with E-state index in [1.807, 2.05) is 6.07 Å². The summed E-state index contributed by atoms with van der Waals surface area (Å²) in [7, 11) is 0. The Hall–Kier alpha value is -2.86. The molecule has 3 aliphatic rings. The molecular formula is C28H32ClF3N4O4. The lowest BCUT2D eigenvalue weighted by molar-refractivity contribution is -0.262. The largest absolute Gasteiger partial charge is 0.430 e. The summed E-state index contributed by atoms with van der Waals surface area (Å²) in [6.45, 7) is 3.85. The van der Waals surface area contributed by atoms with Gasteiger partial charge in [0.05, 0.1) is 29.8 Å². The highest BCUT2D eigenvalue weighted by Crippen LogP contribution is 2.41. The first kappa shape index (κ1) is 28.7. The molecule has 0 spiro atoms. The number of alkyl halides is 3. The fourth-order valence-corrected chi connectivity index (χ4v) is 5.86. The highest BCUT2D eigenvalue weighted by atomic mass is 35.5. The Morgan fingerprint density at radius 2 is 1.60 bits per heavy atom. The van der Waals surface area contributed by atoms with Crippen molar-refractivity contribution in [3.8, 4) is 0 Å². The summed E-state index contributed by atoms with van der Waals surface area (Å²) in [6, 6.07) is 12.1. The van der Waals surface area contributed by atoms with Crippen molar-refractivity contribution in [2.24, 2.45) is 0 Å². The molecule has 0 unspecified atom stereocenters. The van der Waals surface area contributed by atoms with E-state index in [0.29, 0.717) is 49.7 Å². The van der Waals surface area contributed by atoms with Crippen LogP contribution in [0.4, 0.5) is 18.9 Å². The second kappa shape index (κ2) is 11.6. The van der Waals surface area contributed by atoms with Crippen molar-refractivity contribution in [1.29, 1.82) is 0 Å². The third-order valence-electron chi connectivity index (χ3n) is 7.96. The van der Waals surface area contributed by atoms with Crippen LogP contribution in [0.25, 0.3) is 0 Å². The zero-order valence-electron chi connectivity index (χ0n) is 21.9. The van der Waals surface area contributed by atoms with E-state index < -0.39 is 23.2 Å². The van der Waals surface area contributed by atoms with Gasteiger partial charge in [-0.3, -0.25) is 14.5 Å². The molecule has 0 bridgehead atoms. The molecule has 0 saturated carbocycles. The van der Waals surface area contributed by atoms with Gasteiger partial charge in [-0.2, -0.15) is 13.2 Å². The second-order valence-electron chi connectivity index (χ2n) is 10.5. The first-order valence-corrected chi connectivity index (χ1v) is 13.8. The Bertz CT molecular complexity index is 1210. The fourth-order valence-electron chi connectivity index (χ4n) is 5.60. The Kier molecular flexibility index (Phi) is 8.28. The lowest BCUT2D eigenvalue weighted by Crippen LogP contribution is -2.62. The molecule has 8 nitrogen and oxygen atoms in total. The van der Waals surface area contributed by atoms with E-state index in [2.05, 4.69) is 10.2 Å². The number of halogens is 4. The molecule has 0 aliphatic carbocycles. The fraction of sp³-hybridized carbons (Fsp3) is 0.500. The SMILES string of the molecule is O=C(c1ccc(NC2CN(C3CCN(C(=O)[C@](O)(c4ccccc4)C(F)(F)F)CC3)C2)cc1Cl)N1CCOCC1. The van der Waals surface area contributed by atoms with Gasteiger partial charge in [-0.1, -0.05) is 41.9 Å². The number of rotatable bonds is 6. The predicted molar refractivity (Wildman–Crippen MR) is 143 cm³/mol. The van der Waals surface area contributed by atoms with Crippen LogP contribution in [0.3, 0.4) is 0 Å². The van der Waals surface area contributed by atoms with E-state index in [1.54, 1.807) is 17.0 Å². The van der Waals surface area contributed by atoms with Gasteiger partial charge in [0.25, 0.3) is 17.4 Å². The summed E-state index contributed by atoms with van der Waals surface area (Å²) < 4.78 is 47.0. The number of nitrogens with one attached hydrogen (secondary N) is 1. The number of aliphatic hydroxyl groups is 1. The average Bonchev–Trinajstić information content (AvgIpc) is 2.94. The number of carbonyl (C=O) groups is 2. The number of morpholine rings is 1. The summed E-state index contributed by atoms with van der Waals surface area (Å²) in [5.41, 5.74) is -2.79. The Morgan fingerprint density at radius 1 is 0.950 bits per heavy atom. The predicted octanol–water partition coefficient (Wildman–Crippen LogP) is 3.35. The molecule has 5 rings (SSSR count). The van der Waals surface area contributed by atoms with E-state index in [9.17, 15) is 27.9 Å². The quantitative estimate of drug-likeness (QED) is 0.545. The van der Waals surface area contributed by atoms with Crippen LogP contribution in [0, 0.1) is 0 Å². The standard InChI is InChI=1S/C28H32ClF3N4O4/c29-24-16-20(6-7-23(24)25(37)34-12-14-40-15-13-34)33-21-17-36(18-21)22-8-10-35(11-9-22)26(38)27(39,28(30,31)32)19-4-2-1-3-5-19/h1-7,16,21-22,33,39H,8-15,17-18H2/t27-/m1/s1. The number of anilines is 1. The molecule has 0 aromatic heterocycles. The monoisotopic (exact) mass is 580 g/mol. The second-order valence-corrected chi connectivity index (χ2v) is 10.9. The summed E-state index contributed by atoms with van der Waals surface area (Å²) in [5, 5.41) is 14.4. The molecule has 2 amide bonds. The van der Waals surface area contributed by atoms with E-state index in [-0.39, 0.29) is 31.1 Å². The summed E-state index contributed by atoms with van der Waals surface area (Å²) in [4.78, 5) is 30.8. The number of piperidine rings is 1. The minimum Gasteiger partial charge on any atom is -0.380 e. The smallest absolute Gasteiger partial charge is 0.380 e. The molecule has 40 heavy (non-hydrogen) atoms. The molecule has 216 valence electrons. The number of benzene rings is 2. The third-order valence-corrected chi connectivity index (χ3v) is 8.27. The molecule has 1 atom stereocenters. The van der Waals surface area contributed by atoms with E-state index in [1.165, 1.54) is 18.2 Å². The van der Waals surface area contributed by atoms with Gasteiger partial charge in [-0.05, 0) is 31.0 Å². The number of hydrogen-bond donors (Lipinski definition) is 2. The Balaban J connectivity index is 1.12. The van der Waals surface area contributed by atoms with Crippen LogP contribution in [0.1, 0.15) is 28.8 Å². The number of hydrogen-bond acceptors (Lipinski definition) is 6.